The Balaban J connectivity index is 2.44. The lowest BCUT2D eigenvalue weighted by Crippen LogP contribution is -2.18. The highest BCUT2D eigenvalue weighted by Gasteiger charge is 2.17. The summed E-state index contributed by atoms with van der Waals surface area (Å²) in [5.41, 5.74) is 1.09. The van der Waals surface area contributed by atoms with Gasteiger partial charge in [0, 0.05) is 11.7 Å². The fraction of sp³-hybridized carbons (Fsp3) is 0.571. The Morgan fingerprint density at radius 2 is 1.83 bits per heavy atom. The molecule has 0 spiro atoms. The van der Waals surface area contributed by atoms with Crippen LogP contribution >= 0.6 is 0 Å². The molecule has 0 fully saturated rings. The topological polar surface area (TPSA) is 54.4 Å². The molecule has 2 unspecified atom stereocenters. The van der Waals surface area contributed by atoms with Crippen molar-refractivity contribution in [2.45, 2.75) is 38.7 Å². The van der Waals surface area contributed by atoms with Crippen LogP contribution in [0.4, 0.5) is 0 Å². The van der Waals surface area contributed by atoms with Crippen molar-refractivity contribution in [2.24, 2.45) is 0 Å². The Morgan fingerprint density at radius 3 is 2.39 bits per heavy atom. The fourth-order valence-corrected chi connectivity index (χ4v) is 2.78. The van der Waals surface area contributed by atoms with E-state index in [1.165, 1.54) is 0 Å². The second-order valence-corrected chi connectivity index (χ2v) is 7.12. The summed E-state index contributed by atoms with van der Waals surface area (Å²) in [6.07, 6.45) is 0.559. The summed E-state index contributed by atoms with van der Waals surface area (Å²) in [5.74, 6) is 0.384. The predicted octanol–water partition coefficient (Wildman–Crippen LogP) is 2.37. The first-order valence-electron chi connectivity index (χ1n) is 6.39. The summed E-state index contributed by atoms with van der Waals surface area (Å²) >= 11 is 0. The molecule has 0 heterocycles. The van der Waals surface area contributed by atoms with E-state index in [2.05, 4.69) is 0 Å². The molecule has 1 rings (SSSR count). The van der Waals surface area contributed by atoms with Gasteiger partial charge in [-0.2, -0.15) is 0 Å². The van der Waals surface area contributed by atoms with Gasteiger partial charge in [0.25, 0.3) is 0 Å². The van der Waals surface area contributed by atoms with Gasteiger partial charge in [-0.25, -0.2) is 8.42 Å². The van der Waals surface area contributed by atoms with Crippen molar-refractivity contribution in [3.63, 3.8) is 0 Å². The van der Waals surface area contributed by atoms with E-state index in [1.54, 1.807) is 6.92 Å². The van der Waals surface area contributed by atoms with Crippen molar-refractivity contribution in [3.05, 3.63) is 35.9 Å². The maximum Gasteiger partial charge on any atom is 0.150 e. The van der Waals surface area contributed by atoms with E-state index >= 15 is 0 Å². The minimum Gasteiger partial charge on any atom is -0.393 e. The van der Waals surface area contributed by atoms with Crippen molar-refractivity contribution in [1.29, 1.82) is 0 Å². The van der Waals surface area contributed by atoms with E-state index in [0.717, 1.165) is 5.56 Å². The van der Waals surface area contributed by atoms with E-state index < -0.39 is 15.9 Å². The highest BCUT2D eigenvalue weighted by molar-refractivity contribution is 7.91. The van der Waals surface area contributed by atoms with Gasteiger partial charge in [-0.05, 0) is 18.4 Å². The molecule has 1 aromatic rings. The largest absolute Gasteiger partial charge is 0.393 e. The Morgan fingerprint density at radius 1 is 1.22 bits per heavy atom. The van der Waals surface area contributed by atoms with Crippen LogP contribution in [0, 0.1) is 0 Å². The minimum absolute atomic E-state index is 0.0375. The summed E-state index contributed by atoms with van der Waals surface area (Å²) in [7, 11) is -2.92. The Labute approximate surface area is 110 Å². The molecule has 2 atom stereocenters. The molecule has 0 radical (unpaired) electrons. The van der Waals surface area contributed by atoms with Crippen LogP contribution in [0.3, 0.4) is 0 Å². The second-order valence-electron chi connectivity index (χ2n) is 4.65. The highest BCUT2D eigenvalue weighted by atomic mass is 32.2. The van der Waals surface area contributed by atoms with Crippen LogP contribution in [0.2, 0.25) is 0 Å². The van der Waals surface area contributed by atoms with E-state index in [9.17, 15) is 13.5 Å². The van der Waals surface area contributed by atoms with Crippen molar-refractivity contribution in [1.82, 2.24) is 0 Å². The molecule has 0 aromatic heterocycles. The molecule has 18 heavy (non-hydrogen) atoms. The van der Waals surface area contributed by atoms with Crippen molar-refractivity contribution in [3.8, 4) is 0 Å². The number of sulfone groups is 1. The Bertz CT molecular complexity index is 439. The van der Waals surface area contributed by atoms with E-state index in [1.807, 2.05) is 37.3 Å². The second kappa shape index (κ2) is 6.90. The van der Waals surface area contributed by atoms with Gasteiger partial charge in [0.15, 0.2) is 0 Å². The van der Waals surface area contributed by atoms with E-state index in [4.69, 9.17) is 0 Å². The van der Waals surface area contributed by atoms with Crippen LogP contribution in [0.15, 0.2) is 30.3 Å². The van der Waals surface area contributed by atoms with Gasteiger partial charge in [0.1, 0.15) is 9.84 Å². The van der Waals surface area contributed by atoms with Gasteiger partial charge in [-0.1, -0.05) is 44.2 Å². The highest BCUT2D eigenvalue weighted by Crippen LogP contribution is 2.21. The molecular formula is C14H22O3S. The first-order chi connectivity index (χ1) is 8.46. The molecule has 0 bridgehead atoms. The van der Waals surface area contributed by atoms with Crippen molar-refractivity contribution >= 4 is 9.84 Å². The lowest BCUT2D eigenvalue weighted by atomic mass is 9.93. The molecule has 3 nitrogen and oxygen atoms in total. The summed E-state index contributed by atoms with van der Waals surface area (Å²) in [5, 5.41) is 10.0. The summed E-state index contributed by atoms with van der Waals surface area (Å²) in [6.45, 7) is 3.62. The molecule has 0 saturated carbocycles. The van der Waals surface area contributed by atoms with Gasteiger partial charge in [0.2, 0.25) is 0 Å². The SMILES string of the molecule is CCS(=O)(=O)CCCC(O)C(C)c1ccccc1. The molecule has 0 amide bonds. The average Bonchev–Trinajstić information content (AvgIpc) is 2.38. The molecular weight excluding hydrogens is 248 g/mol. The number of aliphatic hydroxyl groups is 1. The molecule has 0 aliphatic carbocycles. The molecule has 0 aliphatic heterocycles. The molecule has 0 saturated heterocycles. The van der Waals surface area contributed by atoms with Gasteiger partial charge < -0.3 is 5.11 Å². The van der Waals surface area contributed by atoms with Gasteiger partial charge in [-0.3, -0.25) is 0 Å². The van der Waals surface area contributed by atoms with Crippen LogP contribution in [-0.2, 0) is 9.84 Å². The summed E-state index contributed by atoms with van der Waals surface area (Å²) < 4.78 is 22.7. The minimum atomic E-state index is -2.92. The number of hydrogen-bond donors (Lipinski definition) is 1. The van der Waals surface area contributed by atoms with Crippen LogP contribution in [0.5, 0.6) is 0 Å². The normalized spacial score (nSPS) is 15.3. The quantitative estimate of drug-likeness (QED) is 0.827. The Kier molecular flexibility index (Phi) is 5.82. The van der Waals surface area contributed by atoms with Crippen LogP contribution in [0.1, 0.15) is 38.2 Å². The Hall–Kier alpha value is -0.870. The third-order valence-corrected chi connectivity index (χ3v) is 5.09. The average molecular weight is 270 g/mol. The van der Waals surface area contributed by atoms with Gasteiger partial charge in [-0.15, -0.1) is 0 Å². The maximum absolute atomic E-state index is 11.3. The van der Waals surface area contributed by atoms with Crippen molar-refractivity contribution in [2.75, 3.05) is 11.5 Å². The maximum atomic E-state index is 11.3. The zero-order valence-corrected chi connectivity index (χ0v) is 11.9. The van der Waals surface area contributed by atoms with Gasteiger partial charge >= 0.3 is 0 Å². The lowest BCUT2D eigenvalue weighted by Gasteiger charge is -2.19. The zero-order chi connectivity index (χ0) is 13.6. The monoisotopic (exact) mass is 270 g/mol. The first-order valence-corrected chi connectivity index (χ1v) is 8.22. The molecule has 102 valence electrons. The third-order valence-electron chi connectivity index (χ3n) is 3.30. The first kappa shape index (κ1) is 15.2. The summed E-state index contributed by atoms with van der Waals surface area (Å²) in [4.78, 5) is 0. The van der Waals surface area contributed by atoms with E-state index in [0.29, 0.717) is 12.8 Å². The van der Waals surface area contributed by atoms with E-state index in [-0.39, 0.29) is 17.4 Å². The fourth-order valence-electron chi connectivity index (χ4n) is 1.89. The van der Waals surface area contributed by atoms with Crippen LogP contribution in [0.25, 0.3) is 0 Å². The molecule has 1 aromatic carbocycles. The smallest absolute Gasteiger partial charge is 0.150 e. The molecule has 4 heteroatoms. The number of rotatable bonds is 7. The number of hydrogen-bond acceptors (Lipinski definition) is 3. The molecule has 1 N–H and O–H groups in total. The predicted molar refractivity (Wildman–Crippen MR) is 74.4 cm³/mol. The molecule has 0 aliphatic rings. The third kappa shape index (κ3) is 4.78. The number of benzene rings is 1. The van der Waals surface area contributed by atoms with Crippen LogP contribution < -0.4 is 0 Å². The number of aliphatic hydroxyl groups excluding tert-OH is 1. The zero-order valence-electron chi connectivity index (χ0n) is 11.0. The van der Waals surface area contributed by atoms with Crippen molar-refractivity contribution < 1.29 is 13.5 Å². The standard InChI is InChI=1S/C14H22O3S/c1-3-18(16,17)11-7-10-14(15)12(2)13-8-5-4-6-9-13/h4-6,8-9,12,14-15H,3,7,10-11H2,1-2H3. The van der Waals surface area contributed by atoms with Gasteiger partial charge in [0.05, 0.1) is 11.9 Å². The lowest BCUT2D eigenvalue weighted by molar-refractivity contribution is 0.139. The summed E-state index contributed by atoms with van der Waals surface area (Å²) in [6, 6.07) is 9.80. The van der Waals surface area contributed by atoms with Crippen LogP contribution in [-0.4, -0.2) is 31.1 Å².